The van der Waals surface area contributed by atoms with Crippen molar-refractivity contribution in [2.24, 2.45) is 0 Å². The van der Waals surface area contributed by atoms with Crippen molar-refractivity contribution < 1.29 is 13.2 Å². The van der Waals surface area contributed by atoms with E-state index < -0.39 is 11.7 Å². The van der Waals surface area contributed by atoms with E-state index in [1.165, 1.54) is 18.5 Å². The van der Waals surface area contributed by atoms with Crippen LogP contribution in [0.25, 0.3) is 0 Å². The van der Waals surface area contributed by atoms with E-state index in [-0.39, 0.29) is 16.5 Å². The van der Waals surface area contributed by atoms with Crippen molar-refractivity contribution in [3.05, 3.63) is 35.1 Å². The van der Waals surface area contributed by atoms with E-state index in [0.717, 1.165) is 44.8 Å². The summed E-state index contributed by atoms with van der Waals surface area (Å²) in [6.07, 6.45) is 1.26. The Bertz CT molecular complexity index is 773. The summed E-state index contributed by atoms with van der Waals surface area (Å²) in [6.45, 7) is 1.69. The van der Waals surface area contributed by atoms with Gasteiger partial charge in [0, 0.05) is 18.8 Å². The first kappa shape index (κ1) is 18.6. The average Bonchev–Trinajstić information content (AvgIpc) is 2.86. The number of aromatic nitrogens is 2. The lowest BCUT2D eigenvalue weighted by Crippen LogP contribution is -2.26. The first-order chi connectivity index (χ1) is 12.4. The van der Waals surface area contributed by atoms with E-state index in [1.54, 1.807) is 0 Å². The zero-order valence-electron chi connectivity index (χ0n) is 14.0. The zero-order valence-corrected chi connectivity index (χ0v) is 14.7. The van der Waals surface area contributed by atoms with Crippen LogP contribution in [-0.4, -0.2) is 23.1 Å². The second-order valence-corrected chi connectivity index (χ2v) is 6.59. The number of rotatable bonds is 3. The van der Waals surface area contributed by atoms with E-state index in [2.05, 4.69) is 20.2 Å². The van der Waals surface area contributed by atoms with E-state index in [4.69, 9.17) is 17.3 Å². The van der Waals surface area contributed by atoms with Gasteiger partial charge in [-0.2, -0.15) is 13.2 Å². The predicted octanol–water partition coefficient (Wildman–Crippen LogP) is 4.86. The number of nitrogens with two attached hydrogens (primary N) is 1. The molecule has 1 saturated heterocycles. The summed E-state index contributed by atoms with van der Waals surface area (Å²) in [7, 11) is 0. The highest BCUT2D eigenvalue weighted by molar-refractivity contribution is 6.31. The van der Waals surface area contributed by atoms with Crippen LogP contribution < -0.4 is 16.0 Å². The van der Waals surface area contributed by atoms with Gasteiger partial charge < -0.3 is 16.0 Å². The van der Waals surface area contributed by atoms with Gasteiger partial charge in [-0.3, -0.25) is 0 Å². The summed E-state index contributed by atoms with van der Waals surface area (Å²) < 4.78 is 39.1. The standard InChI is InChI=1S/C17H19ClF3N5/c18-13-6-5-11(9-12(13)17(19,20)21)25-15-14(22)16(24-10-23-15)26-7-3-1-2-4-8-26/h5-6,9-10H,1-4,7-8,22H2,(H,23,24,25). The average molecular weight is 386 g/mol. The molecule has 9 heteroatoms. The number of anilines is 4. The number of hydrogen-bond acceptors (Lipinski definition) is 5. The molecular weight excluding hydrogens is 367 g/mol. The van der Waals surface area contributed by atoms with Crippen LogP contribution >= 0.6 is 11.6 Å². The highest BCUT2D eigenvalue weighted by Crippen LogP contribution is 2.37. The Morgan fingerprint density at radius 1 is 1.08 bits per heavy atom. The predicted molar refractivity (Wildman–Crippen MR) is 96.9 cm³/mol. The van der Waals surface area contributed by atoms with E-state index >= 15 is 0 Å². The number of nitrogen functional groups attached to an aromatic ring is 1. The molecule has 1 aromatic carbocycles. The molecule has 3 rings (SSSR count). The molecule has 0 aliphatic carbocycles. The molecule has 0 unspecified atom stereocenters. The van der Waals surface area contributed by atoms with E-state index in [9.17, 15) is 13.2 Å². The van der Waals surface area contributed by atoms with Crippen molar-refractivity contribution >= 4 is 34.6 Å². The summed E-state index contributed by atoms with van der Waals surface area (Å²) in [5, 5.41) is 2.49. The molecule has 0 saturated carbocycles. The molecule has 0 amide bonds. The number of benzene rings is 1. The molecule has 140 valence electrons. The highest BCUT2D eigenvalue weighted by Gasteiger charge is 2.33. The Labute approximate surface area is 154 Å². The van der Waals surface area contributed by atoms with Gasteiger partial charge in [-0.25, -0.2) is 9.97 Å². The molecule has 1 aliphatic rings. The van der Waals surface area contributed by atoms with Crippen LogP contribution in [-0.2, 0) is 6.18 Å². The van der Waals surface area contributed by atoms with Crippen LogP contribution in [0, 0.1) is 0 Å². The second kappa shape index (κ2) is 7.57. The third-order valence-corrected chi connectivity index (χ3v) is 4.63. The van der Waals surface area contributed by atoms with Gasteiger partial charge >= 0.3 is 6.18 Å². The van der Waals surface area contributed by atoms with Gasteiger partial charge in [-0.1, -0.05) is 24.4 Å². The molecule has 2 aromatic rings. The molecule has 1 aliphatic heterocycles. The molecule has 0 spiro atoms. The van der Waals surface area contributed by atoms with Gasteiger partial charge in [0.05, 0.1) is 10.6 Å². The Hall–Kier alpha value is -2.22. The van der Waals surface area contributed by atoms with Gasteiger partial charge in [0.25, 0.3) is 0 Å². The SMILES string of the molecule is Nc1c(Nc2ccc(Cl)c(C(F)(F)F)c2)ncnc1N1CCCCCC1. The zero-order chi connectivity index (χ0) is 18.7. The summed E-state index contributed by atoms with van der Waals surface area (Å²) in [5.74, 6) is 0.879. The summed E-state index contributed by atoms with van der Waals surface area (Å²) >= 11 is 5.65. The second-order valence-electron chi connectivity index (χ2n) is 6.18. The summed E-state index contributed by atoms with van der Waals surface area (Å²) in [4.78, 5) is 10.4. The van der Waals surface area contributed by atoms with Crippen molar-refractivity contribution in [2.45, 2.75) is 31.9 Å². The minimum absolute atomic E-state index is 0.203. The van der Waals surface area contributed by atoms with Gasteiger partial charge in [0.15, 0.2) is 11.6 Å². The maximum absolute atomic E-state index is 13.0. The maximum atomic E-state index is 13.0. The fourth-order valence-electron chi connectivity index (χ4n) is 2.98. The maximum Gasteiger partial charge on any atom is 0.417 e. The quantitative estimate of drug-likeness (QED) is 0.790. The van der Waals surface area contributed by atoms with Gasteiger partial charge in [-0.15, -0.1) is 0 Å². The topological polar surface area (TPSA) is 67.1 Å². The first-order valence-electron chi connectivity index (χ1n) is 8.35. The fourth-order valence-corrected chi connectivity index (χ4v) is 3.20. The molecule has 0 atom stereocenters. The van der Waals surface area contributed by atoms with Gasteiger partial charge in [0.2, 0.25) is 0 Å². The Morgan fingerprint density at radius 2 is 1.77 bits per heavy atom. The minimum Gasteiger partial charge on any atom is -0.393 e. The van der Waals surface area contributed by atoms with Gasteiger partial charge in [0.1, 0.15) is 12.0 Å². The number of nitrogens with zero attached hydrogens (tertiary/aromatic N) is 3. The van der Waals surface area contributed by atoms with Crippen molar-refractivity contribution in [1.29, 1.82) is 0 Å². The molecule has 3 N–H and O–H groups in total. The Balaban J connectivity index is 1.88. The normalized spacial score (nSPS) is 15.6. The van der Waals surface area contributed by atoms with Crippen LogP contribution in [0.2, 0.25) is 5.02 Å². The van der Waals surface area contributed by atoms with Gasteiger partial charge in [-0.05, 0) is 31.0 Å². The lowest BCUT2D eigenvalue weighted by Gasteiger charge is -2.23. The lowest BCUT2D eigenvalue weighted by molar-refractivity contribution is -0.137. The third kappa shape index (κ3) is 4.12. The molecule has 1 aromatic heterocycles. The van der Waals surface area contributed by atoms with Crippen molar-refractivity contribution in [3.63, 3.8) is 0 Å². The third-order valence-electron chi connectivity index (χ3n) is 4.30. The molecule has 26 heavy (non-hydrogen) atoms. The van der Waals surface area contributed by atoms with Crippen molar-refractivity contribution in [2.75, 3.05) is 29.0 Å². The summed E-state index contributed by atoms with van der Waals surface area (Å²) in [5.41, 5.74) is 5.80. The number of alkyl halides is 3. The van der Waals surface area contributed by atoms with Crippen molar-refractivity contribution in [1.82, 2.24) is 9.97 Å². The molecule has 2 heterocycles. The van der Waals surface area contributed by atoms with E-state index in [0.29, 0.717) is 11.5 Å². The molecule has 5 nitrogen and oxygen atoms in total. The van der Waals surface area contributed by atoms with Crippen LogP contribution in [0.4, 0.5) is 36.2 Å². The number of halogens is 4. The molecule has 0 bridgehead atoms. The van der Waals surface area contributed by atoms with Crippen LogP contribution in [0.3, 0.4) is 0 Å². The highest BCUT2D eigenvalue weighted by atomic mass is 35.5. The smallest absolute Gasteiger partial charge is 0.393 e. The van der Waals surface area contributed by atoms with E-state index in [1.807, 2.05) is 0 Å². The monoisotopic (exact) mass is 385 g/mol. The van der Waals surface area contributed by atoms with Crippen molar-refractivity contribution in [3.8, 4) is 0 Å². The lowest BCUT2D eigenvalue weighted by atomic mass is 10.2. The number of nitrogens with one attached hydrogen (secondary N) is 1. The number of hydrogen-bond donors (Lipinski definition) is 2. The molecule has 1 fully saturated rings. The Morgan fingerprint density at radius 3 is 2.42 bits per heavy atom. The summed E-state index contributed by atoms with van der Waals surface area (Å²) in [6, 6.07) is 3.58. The Kier molecular flexibility index (Phi) is 5.41. The minimum atomic E-state index is -4.54. The van der Waals surface area contributed by atoms with Crippen LogP contribution in [0.15, 0.2) is 24.5 Å². The fraction of sp³-hybridized carbons (Fsp3) is 0.412. The first-order valence-corrected chi connectivity index (χ1v) is 8.73. The van der Waals surface area contributed by atoms with Crippen LogP contribution in [0.1, 0.15) is 31.2 Å². The molecular formula is C17H19ClF3N5. The largest absolute Gasteiger partial charge is 0.417 e. The molecule has 0 radical (unpaired) electrons. The van der Waals surface area contributed by atoms with Crippen LogP contribution in [0.5, 0.6) is 0 Å².